The normalized spacial score (nSPS) is 12.5. The molecule has 3 heterocycles. The number of para-hydroxylation sites is 1. The first kappa shape index (κ1) is 19.9. The number of halogens is 1. The van der Waals surface area contributed by atoms with E-state index in [4.69, 9.17) is 4.74 Å². The van der Waals surface area contributed by atoms with Gasteiger partial charge < -0.3 is 9.72 Å². The number of fused-ring (bicyclic) bond motifs is 2. The van der Waals surface area contributed by atoms with Crippen molar-refractivity contribution in [1.29, 1.82) is 0 Å². The first-order valence-corrected chi connectivity index (χ1v) is 10.3. The Kier molecular flexibility index (Phi) is 4.73. The number of nitrogens with one attached hydrogen (secondary N) is 1. The maximum atomic E-state index is 14.4. The third kappa shape index (κ3) is 3.13. The highest BCUT2D eigenvalue weighted by Crippen LogP contribution is 2.31. The van der Waals surface area contributed by atoms with Crippen molar-refractivity contribution in [3.63, 3.8) is 0 Å². The number of nitrogens with zero attached hydrogens (tertiary/aromatic N) is 5. The van der Waals surface area contributed by atoms with Crippen LogP contribution >= 0.6 is 0 Å². The number of H-pyrrole nitrogens is 1. The molecular weight excluding hydrogens is 411 g/mol. The lowest BCUT2D eigenvalue weighted by atomic mass is 10.1. The summed E-state index contributed by atoms with van der Waals surface area (Å²) in [5.74, 6) is 0.0432. The Morgan fingerprint density at radius 1 is 1.22 bits per heavy atom. The summed E-state index contributed by atoms with van der Waals surface area (Å²) in [4.78, 5) is 29.1. The fourth-order valence-electron chi connectivity index (χ4n) is 3.95. The van der Waals surface area contributed by atoms with E-state index in [1.54, 1.807) is 36.1 Å². The van der Waals surface area contributed by atoms with Gasteiger partial charge in [-0.05, 0) is 44.5 Å². The van der Waals surface area contributed by atoms with Crippen LogP contribution in [0.1, 0.15) is 31.0 Å². The van der Waals surface area contributed by atoms with Crippen molar-refractivity contribution in [2.75, 3.05) is 6.61 Å². The van der Waals surface area contributed by atoms with Crippen molar-refractivity contribution >= 4 is 22.2 Å². The molecule has 0 amide bonds. The molecule has 0 aliphatic heterocycles. The van der Waals surface area contributed by atoms with Crippen LogP contribution < -0.4 is 10.4 Å². The Labute approximate surface area is 182 Å². The van der Waals surface area contributed by atoms with Gasteiger partial charge in [0.15, 0.2) is 17.2 Å². The highest BCUT2D eigenvalue weighted by Gasteiger charge is 2.22. The lowest BCUT2D eigenvalue weighted by Gasteiger charge is -2.18. The van der Waals surface area contributed by atoms with E-state index >= 15 is 0 Å². The van der Waals surface area contributed by atoms with Gasteiger partial charge >= 0.3 is 5.69 Å². The van der Waals surface area contributed by atoms with Crippen molar-refractivity contribution in [3.05, 3.63) is 76.4 Å². The monoisotopic (exact) mass is 432 g/mol. The van der Waals surface area contributed by atoms with E-state index in [-0.39, 0.29) is 11.4 Å². The van der Waals surface area contributed by atoms with Gasteiger partial charge in [-0.15, -0.1) is 0 Å². The number of hydrogen-bond donors (Lipinski definition) is 1. The van der Waals surface area contributed by atoms with Gasteiger partial charge in [0.1, 0.15) is 11.8 Å². The molecule has 3 aromatic heterocycles. The average Bonchev–Trinajstić information content (AvgIpc) is 3.33. The third-order valence-corrected chi connectivity index (χ3v) is 5.49. The molecule has 0 unspecified atom stereocenters. The van der Waals surface area contributed by atoms with Crippen LogP contribution in [-0.2, 0) is 0 Å². The van der Waals surface area contributed by atoms with Crippen LogP contribution in [-0.4, -0.2) is 35.7 Å². The molecule has 0 spiro atoms. The van der Waals surface area contributed by atoms with E-state index in [0.29, 0.717) is 29.3 Å². The number of aromatic nitrogens is 6. The summed E-state index contributed by atoms with van der Waals surface area (Å²) < 4.78 is 23.2. The van der Waals surface area contributed by atoms with Gasteiger partial charge in [0.25, 0.3) is 0 Å². The number of hydrogen-bond acceptors (Lipinski definition) is 5. The fourth-order valence-corrected chi connectivity index (χ4v) is 3.95. The highest BCUT2D eigenvalue weighted by atomic mass is 19.1. The average molecular weight is 432 g/mol. The molecule has 0 saturated heterocycles. The SMILES string of the molecule is CCOc1c(F)cccc1[C@@H](C)n1c(=O)[nH]c2cnc(-n3cnc4cc(C)ccc43)nc21. The van der Waals surface area contributed by atoms with Crippen molar-refractivity contribution < 1.29 is 9.13 Å². The predicted molar refractivity (Wildman–Crippen MR) is 119 cm³/mol. The van der Waals surface area contributed by atoms with E-state index < -0.39 is 11.9 Å². The van der Waals surface area contributed by atoms with E-state index in [1.165, 1.54) is 10.6 Å². The standard InChI is InChI=1S/C23H21FN6O2/c1-4-32-20-15(6-5-7-16(20)24)14(3)30-21-18(27-23(30)31)11-25-22(28-21)29-12-26-17-10-13(2)8-9-19(17)29/h5-12,14H,4H2,1-3H3,(H,27,31)/t14-/m1/s1. The minimum absolute atomic E-state index is 0.133. The molecule has 32 heavy (non-hydrogen) atoms. The Balaban J connectivity index is 1.67. The van der Waals surface area contributed by atoms with Crippen LogP contribution in [0.2, 0.25) is 0 Å². The summed E-state index contributed by atoms with van der Waals surface area (Å²) in [7, 11) is 0. The molecule has 0 radical (unpaired) electrons. The largest absolute Gasteiger partial charge is 0.490 e. The number of benzene rings is 2. The van der Waals surface area contributed by atoms with Crippen molar-refractivity contribution in [3.8, 4) is 11.7 Å². The molecule has 162 valence electrons. The van der Waals surface area contributed by atoms with Crippen LogP contribution in [0.4, 0.5) is 4.39 Å². The summed E-state index contributed by atoms with van der Waals surface area (Å²) in [5.41, 5.74) is 3.88. The van der Waals surface area contributed by atoms with Gasteiger partial charge in [-0.2, -0.15) is 4.98 Å². The summed E-state index contributed by atoms with van der Waals surface area (Å²) in [6.07, 6.45) is 3.22. The second kappa shape index (κ2) is 7.60. The van der Waals surface area contributed by atoms with Gasteiger partial charge in [-0.25, -0.2) is 19.2 Å². The Bertz CT molecular complexity index is 1520. The molecule has 8 nitrogen and oxygen atoms in total. The molecule has 0 saturated carbocycles. The van der Waals surface area contributed by atoms with Gasteiger partial charge in [0.05, 0.1) is 29.9 Å². The summed E-state index contributed by atoms with van der Waals surface area (Å²) in [5, 5.41) is 0. The van der Waals surface area contributed by atoms with Crippen molar-refractivity contribution in [1.82, 2.24) is 29.1 Å². The molecule has 0 fully saturated rings. The third-order valence-electron chi connectivity index (χ3n) is 5.49. The fraction of sp³-hybridized carbons (Fsp3) is 0.217. The van der Waals surface area contributed by atoms with E-state index in [9.17, 15) is 9.18 Å². The van der Waals surface area contributed by atoms with E-state index in [1.807, 2.05) is 32.0 Å². The van der Waals surface area contributed by atoms with Crippen LogP contribution in [0.3, 0.4) is 0 Å². The molecule has 5 aromatic rings. The van der Waals surface area contributed by atoms with Gasteiger partial charge in [0.2, 0.25) is 5.95 Å². The van der Waals surface area contributed by atoms with Crippen molar-refractivity contribution in [2.45, 2.75) is 26.8 Å². The topological polar surface area (TPSA) is 90.6 Å². The zero-order chi connectivity index (χ0) is 22.4. The minimum atomic E-state index is -0.529. The zero-order valence-electron chi connectivity index (χ0n) is 17.8. The van der Waals surface area contributed by atoms with E-state index in [2.05, 4.69) is 19.9 Å². The summed E-state index contributed by atoms with van der Waals surface area (Å²) in [6, 6.07) is 10.1. The van der Waals surface area contributed by atoms with Crippen LogP contribution in [0, 0.1) is 12.7 Å². The predicted octanol–water partition coefficient (Wildman–Crippen LogP) is 3.91. The first-order chi connectivity index (χ1) is 15.5. The van der Waals surface area contributed by atoms with Crippen molar-refractivity contribution in [2.24, 2.45) is 0 Å². The first-order valence-electron chi connectivity index (χ1n) is 10.3. The molecule has 0 aliphatic carbocycles. The second-order valence-corrected chi connectivity index (χ2v) is 7.58. The number of aryl methyl sites for hydroxylation is 1. The molecule has 5 rings (SSSR count). The lowest BCUT2D eigenvalue weighted by Crippen LogP contribution is -2.22. The molecule has 0 aliphatic rings. The van der Waals surface area contributed by atoms with Crippen LogP contribution in [0.5, 0.6) is 5.75 Å². The Hall–Kier alpha value is -4.01. The van der Waals surface area contributed by atoms with Gasteiger partial charge in [-0.3, -0.25) is 9.13 Å². The smallest absolute Gasteiger partial charge is 0.328 e. The van der Waals surface area contributed by atoms with Crippen LogP contribution in [0.15, 0.2) is 53.7 Å². The number of aromatic amines is 1. The van der Waals surface area contributed by atoms with E-state index in [0.717, 1.165) is 16.6 Å². The second-order valence-electron chi connectivity index (χ2n) is 7.58. The maximum Gasteiger partial charge on any atom is 0.328 e. The Morgan fingerprint density at radius 2 is 2.06 bits per heavy atom. The van der Waals surface area contributed by atoms with Gasteiger partial charge in [0, 0.05) is 5.56 Å². The quantitative estimate of drug-likeness (QED) is 0.455. The molecule has 1 atom stereocenters. The number of ether oxygens (including phenoxy) is 1. The molecule has 9 heteroatoms. The Morgan fingerprint density at radius 3 is 2.88 bits per heavy atom. The summed E-state index contributed by atoms with van der Waals surface area (Å²) in [6.45, 7) is 5.91. The number of rotatable bonds is 5. The molecular formula is C23H21FN6O2. The number of imidazole rings is 2. The molecule has 1 N–H and O–H groups in total. The molecule has 0 bridgehead atoms. The molecule has 2 aromatic carbocycles. The van der Waals surface area contributed by atoms with Crippen LogP contribution in [0.25, 0.3) is 28.1 Å². The van der Waals surface area contributed by atoms with Gasteiger partial charge in [-0.1, -0.05) is 18.2 Å². The highest BCUT2D eigenvalue weighted by molar-refractivity contribution is 5.78. The summed E-state index contributed by atoms with van der Waals surface area (Å²) >= 11 is 0. The minimum Gasteiger partial charge on any atom is -0.490 e. The zero-order valence-corrected chi connectivity index (χ0v) is 17.8. The lowest BCUT2D eigenvalue weighted by molar-refractivity contribution is 0.314. The maximum absolute atomic E-state index is 14.4.